The van der Waals surface area contributed by atoms with E-state index in [-0.39, 0.29) is 0 Å². The van der Waals surface area contributed by atoms with Gasteiger partial charge in [-0.05, 0) is 26.1 Å². The Hall–Kier alpha value is -1.26. The summed E-state index contributed by atoms with van der Waals surface area (Å²) >= 11 is 0. The average molecular weight is 219 g/mol. The van der Waals surface area contributed by atoms with E-state index in [9.17, 15) is 0 Å². The zero-order valence-corrected chi connectivity index (χ0v) is 9.49. The van der Waals surface area contributed by atoms with E-state index in [1.54, 1.807) is 0 Å². The summed E-state index contributed by atoms with van der Waals surface area (Å²) in [4.78, 5) is 5.51. The van der Waals surface area contributed by atoms with Crippen molar-refractivity contribution in [3.05, 3.63) is 23.6 Å². The summed E-state index contributed by atoms with van der Waals surface area (Å²) in [6, 6.07) is 2.51. The van der Waals surface area contributed by atoms with Crippen molar-refractivity contribution in [1.29, 1.82) is 0 Å². The van der Waals surface area contributed by atoms with E-state index in [1.165, 1.54) is 10.9 Å². The van der Waals surface area contributed by atoms with Gasteiger partial charge in [-0.15, -0.1) is 0 Å². The van der Waals surface area contributed by atoms with Gasteiger partial charge >= 0.3 is 0 Å². The third kappa shape index (κ3) is 1.30. The van der Waals surface area contributed by atoms with Gasteiger partial charge in [-0.3, -0.25) is 4.90 Å². The molecule has 2 aromatic heterocycles. The lowest BCUT2D eigenvalue weighted by molar-refractivity contribution is 0.213. The molecule has 0 bridgehead atoms. The molecule has 86 valence electrons. The first kappa shape index (κ1) is 9.93. The van der Waals surface area contributed by atoms with Crippen LogP contribution in [0.3, 0.4) is 0 Å². The summed E-state index contributed by atoms with van der Waals surface area (Å²) < 4.78 is 5.83. The number of aromatic nitrogens is 1. The fourth-order valence-electron chi connectivity index (χ4n) is 2.71. The highest BCUT2D eigenvalue weighted by atomic mass is 16.3. The first-order chi connectivity index (χ1) is 7.81. The second-order valence-corrected chi connectivity index (χ2v) is 4.48. The van der Waals surface area contributed by atoms with Crippen molar-refractivity contribution in [3.63, 3.8) is 0 Å². The summed E-state index contributed by atoms with van der Waals surface area (Å²) in [5.41, 5.74) is 7.95. The van der Waals surface area contributed by atoms with Crippen molar-refractivity contribution in [3.8, 4) is 0 Å². The molecule has 3 rings (SSSR count). The number of nitrogens with one attached hydrogen (secondary N) is 1. The number of furan rings is 1. The summed E-state index contributed by atoms with van der Waals surface area (Å²) in [5.74, 6) is 1.14. The molecule has 4 nitrogen and oxygen atoms in total. The third-order valence-electron chi connectivity index (χ3n) is 3.52. The molecule has 1 unspecified atom stereocenters. The van der Waals surface area contributed by atoms with Crippen LogP contribution in [0, 0.1) is 0 Å². The number of hydrogen-bond acceptors (Lipinski definition) is 3. The molecule has 1 atom stereocenters. The van der Waals surface area contributed by atoms with Gasteiger partial charge in [0.05, 0.1) is 0 Å². The molecule has 0 fully saturated rings. The van der Waals surface area contributed by atoms with Crippen LogP contribution in [-0.4, -0.2) is 30.0 Å². The van der Waals surface area contributed by atoms with E-state index in [1.807, 2.05) is 6.20 Å². The fraction of sp³-hybridized carbons (Fsp3) is 0.500. The molecule has 0 radical (unpaired) electrons. The van der Waals surface area contributed by atoms with E-state index in [0.29, 0.717) is 12.6 Å². The summed E-state index contributed by atoms with van der Waals surface area (Å²) in [7, 11) is 2.16. The van der Waals surface area contributed by atoms with Crippen molar-refractivity contribution < 1.29 is 4.42 Å². The summed E-state index contributed by atoms with van der Waals surface area (Å²) in [5, 5.41) is 1.22. The number of nitrogens with zero attached hydrogens (tertiary/aromatic N) is 1. The van der Waals surface area contributed by atoms with Gasteiger partial charge in [0.25, 0.3) is 0 Å². The minimum absolute atomic E-state index is 0.408. The number of likely N-dealkylation sites (N-methyl/N-ethyl adjacent to an activating group) is 1. The Morgan fingerprint density at radius 2 is 2.50 bits per heavy atom. The van der Waals surface area contributed by atoms with E-state index in [2.05, 4.69) is 23.0 Å². The Labute approximate surface area is 94.4 Å². The summed E-state index contributed by atoms with van der Waals surface area (Å²) in [6.07, 6.45) is 3.92. The Balaban J connectivity index is 2.14. The minimum Gasteiger partial charge on any atom is -0.444 e. The van der Waals surface area contributed by atoms with E-state index in [4.69, 9.17) is 10.2 Å². The molecule has 0 aromatic carbocycles. The predicted molar refractivity (Wildman–Crippen MR) is 63.3 cm³/mol. The topological polar surface area (TPSA) is 58.2 Å². The monoisotopic (exact) mass is 219 g/mol. The van der Waals surface area contributed by atoms with Crippen molar-refractivity contribution in [2.75, 3.05) is 20.1 Å². The number of fused-ring (bicyclic) bond motifs is 3. The van der Waals surface area contributed by atoms with Crippen LogP contribution >= 0.6 is 0 Å². The van der Waals surface area contributed by atoms with Crippen LogP contribution in [-0.2, 0) is 6.42 Å². The average Bonchev–Trinajstić information content (AvgIpc) is 2.82. The van der Waals surface area contributed by atoms with Gasteiger partial charge in [0.2, 0.25) is 5.71 Å². The number of nitrogens with two attached hydrogens (primary N) is 1. The lowest BCUT2D eigenvalue weighted by Gasteiger charge is -2.31. The minimum atomic E-state index is 0.408. The highest BCUT2D eigenvalue weighted by Gasteiger charge is 2.29. The highest BCUT2D eigenvalue weighted by Crippen LogP contribution is 2.37. The quantitative estimate of drug-likeness (QED) is 0.807. The smallest absolute Gasteiger partial charge is 0.204 e. The van der Waals surface area contributed by atoms with Crippen LogP contribution in [0.2, 0.25) is 0 Å². The van der Waals surface area contributed by atoms with E-state index < -0.39 is 0 Å². The molecule has 3 N–H and O–H groups in total. The van der Waals surface area contributed by atoms with Gasteiger partial charge in [-0.1, -0.05) is 0 Å². The Morgan fingerprint density at radius 1 is 1.62 bits per heavy atom. The standard InChI is InChI=1S/C12H17N3O/c1-15-7-4-10-11(9(15)2-5-13)8-3-6-14-12(8)16-10/h3,6,9,14H,2,4-5,7,13H2,1H3. The van der Waals surface area contributed by atoms with Gasteiger partial charge < -0.3 is 15.1 Å². The second-order valence-electron chi connectivity index (χ2n) is 4.48. The highest BCUT2D eigenvalue weighted by molar-refractivity contribution is 5.80. The van der Waals surface area contributed by atoms with Crippen molar-refractivity contribution in [1.82, 2.24) is 9.88 Å². The Bertz CT molecular complexity index is 499. The maximum atomic E-state index is 5.83. The fourth-order valence-corrected chi connectivity index (χ4v) is 2.71. The van der Waals surface area contributed by atoms with Crippen molar-refractivity contribution in [2.24, 2.45) is 5.73 Å². The molecule has 16 heavy (non-hydrogen) atoms. The molecule has 1 aliphatic heterocycles. The SMILES string of the molecule is CN1CCc2oc3[nH]ccc3c2C1CCN. The van der Waals surface area contributed by atoms with Crippen LogP contribution in [0.4, 0.5) is 0 Å². The molecule has 0 aliphatic carbocycles. The maximum absolute atomic E-state index is 5.83. The van der Waals surface area contributed by atoms with Crippen LogP contribution in [0.25, 0.3) is 11.1 Å². The molecular formula is C12H17N3O. The van der Waals surface area contributed by atoms with Crippen LogP contribution in [0.15, 0.2) is 16.7 Å². The zero-order chi connectivity index (χ0) is 11.1. The number of rotatable bonds is 2. The molecule has 0 spiro atoms. The third-order valence-corrected chi connectivity index (χ3v) is 3.52. The van der Waals surface area contributed by atoms with Crippen molar-refractivity contribution in [2.45, 2.75) is 18.9 Å². The number of aromatic amines is 1. The van der Waals surface area contributed by atoms with Gasteiger partial charge in [0.15, 0.2) is 0 Å². The van der Waals surface area contributed by atoms with Gasteiger partial charge in [0.1, 0.15) is 5.76 Å². The molecule has 2 aromatic rings. The summed E-state index contributed by atoms with van der Waals surface area (Å²) in [6.45, 7) is 1.76. The van der Waals surface area contributed by atoms with Crippen LogP contribution < -0.4 is 5.73 Å². The lowest BCUT2D eigenvalue weighted by Crippen LogP contribution is -2.32. The van der Waals surface area contributed by atoms with E-state index in [0.717, 1.165) is 30.9 Å². The molecule has 1 aliphatic rings. The second kappa shape index (κ2) is 3.64. The molecule has 4 heteroatoms. The lowest BCUT2D eigenvalue weighted by atomic mass is 9.95. The largest absolute Gasteiger partial charge is 0.444 e. The van der Waals surface area contributed by atoms with Crippen LogP contribution in [0.5, 0.6) is 0 Å². The Morgan fingerprint density at radius 3 is 3.31 bits per heavy atom. The number of hydrogen-bond donors (Lipinski definition) is 2. The van der Waals surface area contributed by atoms with Gasteiger partial charge in [0, 0.05) is 36.2 Å². The normalized spacial score (nSPS) is 21.5. The van der Waals surface area contributed by atoms with E-state index >= 15 is 0 Å². The molecule has 0 saturated carbocycles. The molecule has 0 saturated heterocycles. The van der Waals surface area contributed by atoms with Gasteiger partial charge in [-0.25, -0.2) is 0 Å². The van der Waals surface area contributed by atoms with Gasteiger partial charge in [-0.2, -0.15) is 0 Å². The van der Waals surface area contributed by atoms with Crippen molar-refractivity contribution >= 4 is 11.1 Å². The molecular weight excluding hydrogens is 202 g/mol. The molecule has 0 amide bonds. The first-order valence-corrected chi connectivity index (χ1v) is 5.80. The first-order valence-electron chi connectivity index (χ1n) is 5.80. The predicted octanol–water partition coefficient (Wildman–Crippen LogP) is 1.64. The Kier molecular flexibility index (Phi) is 2.26. The maximum Gasteiger partial charge on any atom is 0.204 e. The molecule has 3 heterocycles. The number of H-pyrrole nitrogens is 1. The zero-order valence-electron chi connectivity index (χ0n) is 9.49. The van der Waals surface area contributed by atoms with Crippen LogP contribution in [0.1, 0.15) is 23.8 Å².